The van der Waals surface area contributed by atoms with Crippen molar-refractivity contribution in [3.63, 3.8) is 0 Å². The molecular formula is C22H30IN3O2S. The Balaban J connectivity index is 0.00000300. The normalized spacial score (nSPS) is 15.7. The summed E-state index contributed by atoms with van der Waals surface area (Å²) in [5.74, 6) is 0.842. The molecule has 2 aromatic rings. The standard InChI is InChI=1S/C22H29N3O2S.HI/c1-23-21(24-16-9-17-28(26,27)20-12-6-3-7-13-20)25-18-22(14-8-15-22)19-10-4-2-5-11-19;/h2-7,10-13H,8-9,14-18H2,1H3,(H2,23,24,25);1H. The van der Waals surface area contributed by atoms with Gasteiger partial charge in [-0.1, -0.05) is 55.0 Å². The van der Waals surface area contributed by atoms with E-state index in [1.807, 2.05) is 12.1 Å². The molecule has 0 aliphatic heterocycles. The third kappa shape index (κ3) is 6.18. The molecule has 7 heteroatoms. The smallest absolute Gasteiger partial charge is 0.191 e. The van der Waals surface area contributed by atoms with Crippen molar-refractivity contribution in [2.75, 3.05) is 25.9 Å². The van der Waals surface area contributed by atoms with Gasteiger partial charge >= 0.3 is 0 Å². The van der Waals surface area contributed by atoms with E-state index >= 15 is 0 Å². The van der Waals surface area contributed by atoms with E-state index < -0.39 is 9.84 Å². The molecule has 1 aliphatic rings. The van der Waals surface area contributed by atoms with Crippen LogP contribution in [0.3, 0.4) is 0 Å². The Morgan fingerprint density at radius 1 is 1.00 bits per heavy atom. The average molecular weight is 527 g/mol. The molecule has 0 aromatic heterocycles. The first-order chi connectivity index (χ1) is 13.6. The highest BCUT2D eigenvalue weighted by Gasteiger charge is 2.38. The van der Waals surface area contributed by atoms with Gasteiger partial charge in [0.15, 0.2) is 15.8 Å². The largest absolute Gasteiger partial charge is 0.356 e. The molecule has 1 aliphatic carbocycles. The van der Waals surface area contributed by atoms with Crippen molar-refractivity contribution in [3.05, 3.63) is 66.2 Å². The molecule has 0 amide bonds. The van der Waals surface area contributed by atoms with Gasteiger partial charge in [-0.3, -0.25) is 4.99 Å². The predicted octanol–water partition coefficient (Wildman–Crippen LogP) is 3.76. The van der Waals surface area contributed by atoms with E-state index in [1.165, 1.54) is 24.8 Å². The molecule has 0 unspecified atom stereocenters. The maximum atomic E-state index is 12.3. The number of rotatable bonds is 8. The first kappa shape index (κ1) is 23.7. The molecule has 0 spiro atoms. The minimum Gasteiger partial charge on any atom is -0.356 e. The lowest BCUT2D eigenvalue weighted by molar-refractivity contribution is 0.244. The number of sulfone groups is 1. The minimum absolute atomic E-state index is 0. The number of guanidine groups is 1. The van der Waals surface area contributed by atoms with E-state index in [-0.39, 0.29) is 35.1 Å². The minimum atomic E-state index is -3.23. The summed E-state index contributed by atoms with van der Waals surface area (Å²) in [6.45, 7) is 1.39. The summed E-state index contributed by atoms with van der Waals surface area (Å²) in [4.78, 5) is 4.66. The molecule has 5 nitrogen and oxygen atoms in total. The lowest BCUT2D eigenvalue weighted by Crippen LogP contribution is -2.49. The van der Waals surface area contributed by atoms with E-state index in [1.54, 1.807) is 31.3 Å². The van der Waals surface area contributed by atoms with Crippen molar-refractivity contribution in [2.24, 2.45) is 4.99 Å². The highest BCUT2D eigenvalue weighted by Crippen LogP contribution is 2.43. The topological polar surface area (TPSA) is 70.6 Å². The third-order valence-electron chi connectivity index (χ3n) is 5.50. The lowest BCUT2D eigenvalue weighted by atomic mass is 9.64. The molecule has 0 radical (unpaired) electrons. The molecule has 29 heavy (non-hydrogen) atoms. The second-order valence-electron chi connectivity index (χ2n) is 7.34. The summed E-state index contributed by atoms with van der Waals surface area (Å²) < 4.78 is 24.7. The van der Waals surface area contributed by atoms with Crippen LogP contribution in [0, 0.1) is 0 Å². The molecule has 0 saturated heterocycles. The second-order valence-corrected chi connectivity index (χ2v) is 9.45. The Hall–Kier alpha value is -1.61. The Morgan fingerprint density at radius 3 is 2.17 bits per heavy atom. The first-order valence-electron chi connectivity index (χ1n) is 9.84. The van der Waals surface area contributed by atoms with E-state index in [0.717, 1.165) is 12.5 Å². The molecule has 0 heterocycles. The maximum Gasteiger partial charge on any atom is 0.191 e. The number of nitrogens with zero attached hydrogens (tertiary/aromatic N) is 1. The van der Waals surface area contributed by atoms with Gasteiger partial charge in [-0.2, -0.15) is 0 Å². The van der Waals surface area contributed by atoms with Crippen LogP contribution in [0.25, 0.3) is 0 Å². The van der Waals surface area contributed by atoms with Crippen LogP contribution in [0.1, 0.15) is 31.2 Å². The second kappa shape index (κ2) is 11.0. The number of hydrogen-bond donors (Lipinski definition) is 2. The third-order valence-corrected chi connectivity index (χ3v) is 7.32. The summed E-state index contributed by atoms with van der Waals surface area (Å²) in [5, 5.41) is 6.67. The van der Waals surface area contributed by atoms with Gasteiger partial charge in [0, 0.05) is 25.6 Å². The van der Waals surface area contributed by atoms with Crippen molar-refractivity contribution >= 4 is 39.8 Å². The van der Waals surface area contributed by atoms with Gasteiger partial charge < -0.3 is 10.6 Å². The summed E-state index contributed by atoms with van der Waals surface area (Å²) in [6.07, 6.45) is 4.13. The van der Waals surface area contributed by atoms with Crippen LogP contribution in [0.5, 0.6) is 0 Å². The van der Waals surface area contributed by atoms with Gasteiger partial charge in [-0.25, -0.2) is 8.42 Å². The van der Waals surface area contributed by atoms with Crippen LogP contribution in [0.4, 0.5) is 0 Å². The van der Waals surface area contributed by atoms with E-state index in [0.29, 0.717) is 17.9 Å². The molecule has 158 valence electrons. The maximum absolute atomic E-state index is 12.3. The fourth-order valence-electron chi connectivity index (χ4n) is 3.65. The van der Waals surface area contributed by atoms with Crippen LogP contribution in [0.2, 0.25) is 0 Å². The summed E-state index contributed by atoms with van der Waals surface area (Å²) in [5.41, 5.74) is 1.55. The van der Waals surface area contributed by atoms with Crippen molar-refractivity contribution in [1.82, 2.24) is 10.6 Å². The zero-order valence-corrected chi connectivity index (χ0v) is 20.0. The van der Waals surface area contributed by atoms with Gasteiger partial charge in [0.2, 0.25) is 0 Å². The van der Waals surface area contributed by atoms with Crippen LogP contribution in [-0.2, 0) is 15.3 Å². The number of benzene rings is 2. The SMILES string of the molecule is CN=C(NCCCS(=O)(=O)c1ccccc1)NCC1(c2ccccc2)CCC1.I. The van der Waals surface area contributed by atoms with E-state index in [2.05, 4.69) is 39.9 Å². The summed E-state index contributed by atoms with van der Waals surface area (Å²) in [6, 6.07) is 19.2. The first-order valence-corrected chi connectivity index (χ1v) is 11.5. The Bertz CT molecular complexity index is 883. The highest BCUT2D eigenvalue weighted by molar-refractivity contribution is 14.0. The van der Waals surface area contributed by atoms with Gasteiger partial charge in [0.1, 0.15) is 0 Å². The van der Waals surface area contributed by atoms with E-state index in [4.69, 9.17) is 0 Å². The van der Waals surface area contributed by atoms with Gasteiger partial charge in [-0.05, 0) is 37.0 Å². The molecular weight excluding hydrogens is 497 g/mol. The van der Waals surface area contributed by atoms with Gasteiger partial charge in [0.25, 0.3) is 0 Å². The number of aliphatic imine (C=N–C) groups is 1. The molecule has 0 bridgehead atoms. The van der Waals surface area contributed by atoms with E-state index in [9.17, 15) is 8.42 Å². The van der Waals surface area contributed by atoms with Crippen LogP contribution in [-0.4, -0.2) is 40.3 Å². The highest BCUT2D eigenvalue weighted by atomic mass is 127. The zero-order valence-electron chi connectivity index (χ0n) is 16.8. The lowest BCUT2D eigenvalue weighted by Gasteiger charge is -2.43. The summed E-state index contributed by atoms with van der Waals surface area (Å²) in [7, 11) is -1.49. The molecule has 1 fully saturated rings. The summed E-state index contributed by atoms with van der Waals surface area (Å²) >= 11 is 0. The number of nitrogens with one attached hydrogen (secondary N) is 2. The Labute approximate surface area is 191 Å². The number of halogens is 1. The molecule has 3 rings (SSSR count). The van der Waals surface area contributed by atoms with Crippen LogP contribution < -0.4 is 10.6 Å². The van der Waals surface area contributed by atoms with Gasteiger partial charge in [-0.15, -0.1) is 24.0 Å². The molecule has 1 saturated carbocycles. The van der Waals surface area contributed by atoms with Crippen LogP contribution in [0.15, 0.2) is 70.6 Å². The number of hydrogen-bond acceptors (Lipinski definition) is 3. The molecule has 0 atom stereocenters. The monoisotopic (exact) mass is 527 g/mol. The van der Waals surface area contributed by atoms with Crippen molar-refractivity contribution in [3.8, 4) is 0 Å². The molecule has 2 N–H and O–H groups in total. The Morgan fingerprint density at radius 2 is 1.62 bits per heavy atom. The fourth-order valence-corrected chi connectivity index (χ4v) is 4.98. The zero-order chi connectivity index (χ0) is 19.9. The predicted molar refractivity (Wildman–Crippen MR) is 130 cm³/mol. The van der Waals surface area contributed by atoms with Crippen molar-refractivity contribution in [1.29, 1.82) is 0 Å². The quantitative estimate of drug-likeness (QED) is 0.238. The Kier molecular flexibility index (Phi) is 8.95. The fraction of sp³-hybridized carbons (Fsp3) is 0.409. The average Bonchev–Trinajstić information content (AvgIpc) is 2.70. The van der Waals surface area contributed by atoms with Crippen molar-refractivity contribution in [2.45, 2.75) is 36.0 Å². The van der Waals surface area contributed by atoms with Crippen molar-refractivity contribution < 1.29 is 8.42 Å². The van der Waals surface area contributed by atoms with Crippen LogP contribution >= 0.6 is 24.0 Å². The molecule has 2 aromatic carbocycles. The van der Waals surface area contributed by atoms with Gasteiger partial charge in [0.05, 0.1) is 10.6 Å².